The smallest absolute Gasteiger partial charge is 0.0488 e. The fraction of sp³-hybridized carbons (Fsp3) is 0.571. The highest BCUT2D eigenvalue weighted by molar-refractivity contribution is 7.84. The van der Waals surface area contributed by atoms with Crippen LogP contribution in [0.2, 0.25) is 0 Å². The molecule has 1 aromatic rings. The summed E-state index contributed by atoms with van der Waals surface area (Å²) in [7, 11) is -0.785. The molecule has 3 heteroatoms. The summed E-state index contributed by atoms with van der Waals surface area (Å²) in [5.74, 6) is 1.06. The summed E-state index contributed by atoms with van der Waals surface area (Å²) in [5.41, 5.74) is 8.40. The van der Waals surface area contributed by atoms with Crippen molar-refractivity contribution >= 4 is 10.8 Å². The molecular formula is C14H21NOS. The topological polar surface area (TPSA) is 43.1 Å². The first-order valence-electron chi connectivity index (χ1n) is 6.26. The molecule has 2 rings (SSSR count). The molecule has 4 atom stereocenters. The Bertz CT molecular complexity index is 418. The van der Waals surface area contributed by atoms with Crippen molar-refractivity contribution in [3.63, 3.8) is 0 Å². The number of benzene rings is 1. The van der Waals surface area contributed by atoms with Crippen LogP contribution in [0.4, 0.5) is 0 Å². The van der Waals surface area contributed by atoms with Gasteiger partial charge in [-0.2, -0.15) is 0 Å². The van der Waals surface area contributed by atoms with Crippen molar-refractivity contribution in [2.45, 2.75) is 43.7 Å². The van der Waals surface area contributed by atoms with E-state index in [2.05, 4.69) is 32.0 Å². The van der Waals surface area contributed by atoms with Crippen LogP contribution in [0.5, 0.6) is 0 Å². The summed E-state index contributed by atoms with van der Waals surface area (Å²) >= 11 is 0. The van der Waals surface area contributed by atoms with Crippen LogP contribution in [0, 0.1) is 12.8 Å². The van der Waals surface area contributed by atoms with Gasteiger partial charge in [-0.1, -0.05) is 36.8 Å². The Kier molecular flexibility index (Phi) is 4.00. The molecule has 2 nitrogen and oxygen atoms in total. The molecule has 0 saturated heterocycles. The second-order valence-corrected chi connectivity index (χ2v) is 6.81. The van der Waals surface area contributed by atoms with E-state index in [-0.39, 0.29) is 11.3 Å². The van der Waals surface area contributed by atoms with Crippen molar-refractivity contribution in [3.8, 4) is 0 Å². The Morgan fingerprint density at radius 2 is 2.18 bits per heavy atom. The summed E-state index contributed by atoms with van der Waals surface area (Å²) in [6.45, 7) is 4.21. The van der Waals surface area contributed by atoms with Crippen LogP contribution in [0.25, 0.3) is 0 Å². The van der Waals surface area contributed by atoms with Crippen molar-refractivity contribution in [3.05, 3.63) is 35.4 Å². The molecule has 0 heterocycles. The molecule has 1 aromatic carbocycles. The van der Waals surface area contributed by atoms with Crippen molar-refractivity contribution in [1.82, 2.24) is 0 Å². The predicted molar refractivity (Wildman–Crippen MR) is 73.2 cm³/mol. The average Bonchev–Trinajstić information content (AvgIpc) is 2.60. The first-order valence-corrected chi connectivity index (χ1v) is 7.64. The van der Waals surface area contributed by atoms with E-state index in [1.165, 1.54) is 11.1 Å². The number of nitrogens with two attached hydrogens (primary N) is 1. The normalized spacial score (nSPS) is 30.4. The van der Waals surface area contributed by atoms with Gasteiger partial charge in [0.15, 0.2) is 0 Å². The summed E-state index contributed by atoms with van der Waals surface area (Å²) < 4.78 is 12.3. The lowest BCUT2D eigenvalue weighted by atomic mass is 10.1. The van der Waals surface area contributed by atoms with Gasteiger partial charge < -0.3 is 5.73 Å². The van der Waals surface area contributed by atoms with Crippen LogP contribution in [0.3, 0.4) is 0 Å². The Hall–Kier alpha value is -0.670. The quantitative estimate of drug-likeness (QED) is 0.896. The fourth-order valence-electron chi connectivity index (χ4n) is 2.60. The van der Waals surface area contributed by atoms with Crippen molar-refractivity contribution < 1.29 is 4.21 Å². The van der Waals surface area contributed by atoms with E-state index in [1.807, 2.05) is 6.07 Å². The second kappa shape index (κ2) is 5.32. The highest BCUT2D eigenvalue weighted by atomic mass is 32.2. The lowest BCUT2D eigenvalue weighted by Crippen LogP contribution is -2.30. The summed E-state index contributed by atoms with van der Waals surface area (Å²) in [4.78, 5) is 0. The molecule has 94 valence electrons. The maximum Gasteiger partial charge on any atom is 0.0488 e. The third-order valence-corrected chi connectivity index (χ3v) is 5.73. The minimum Gasteiger partial charge on any atom is -0.327 e. The molecule has 0 bridgehead atoms. The third-order valence-electron chi connectivity index (χ3n) is 3.78. The number of hydrogen-bond acceptors (Lipinski definition) is 2. The van der Waals surface area contributed by atoms with Gasteiger partial charge in [0, 0.05) is 27.8 Å². The second-order valence-electron chi connectivity index (χ2n) is 5.15. The van der Waals surface area contributed by atoms with Crippen molar-refractivity contribution in [1.29, 1.82) is 0 Å². The maximum absolute atomic E-state index is 12.3. The Balaban J connectivity index is 2.02. The van der Waals surface area contributed by atoms with Crippen LogP contribution >= 0.6 is 0 Å². The summed E-state index contributed by atoms with van der Waals surface area (Å²) in [6.07, 6.45) is 2.03. The van der Waals surface area contributed by atoms with Gasteiger partial charge in [0.25, 0.3) is 0 Å². The molecule has 1 aliphatic carbocycles. The molecule has 0 aromatic heterocycles. The van der Waals surface area contributed by atoms with Crippen LogP contribution < -0.4 is 5.73 Å². The summed E-state index contributed by atoms with van der Waals surface area (Å²) in [5, 5.41) is 0.283. The fourth-order valence-corrected chi connectivity index (χ4v) is 4.40. The van der Waals surface area contributed by atoms with Gasteiger partial charge in [-0.3, -0.25) is 4.21 Å². The van der Waals surface area contributed by atoms with Crippen LogP contribution in [0.1, 0.15) is 30.9 Å². The van der Waals surface area contributed by atoms with E-state index in [9.17, 15) is 4.21 Å². The molecule has 1 saturated carbocycles. The lowest BCUT2D eigenvalue weighted by Gasteiger charge is -2.17. The largest absolute Gasteiger partial charge is 0.327 e. The average molecular weight is 251 g/mol. The van der Waals surface area contributed by atoms with Gasteiger partial charge in [-0.15, -0.1) is 0 Å². The van der Waals surface area contributed by atoms with E-state index >= 15 is 0 Å². The molecular weight excluding hydrogens is 230 g/mol. The third kappa shape index (κ3) is 2.96. The van der Waals surface area contributed by atoms with E-state index in [0.29, 0.717) is 11.7 Å². The van der Waals surface area contributed by atoms with Crippen LogP contribution in [-0.2, 0) is 16.6 Å². The van der Waals surface area contributed by atoms with Crippen LogP contribution in [0.15, 0.2) is 24.3 Å². The van der Waals surface area contributed by atoms with Gasteiger partial charge in [0.1, 0.15) is 0 Å². The van der Waals surface area contributed by atoms with Gasteiger partial charge in [-0.05, 0) is 31.2 Å². The molecule has 0 amide bonds. The minimum atomic E-state index is -0.785. The predicted octanol–water partition coefficient (Wildman–Crippen LogP) is 2.37. The zero-order valence-corrected chi connectivity index (χ0v) is 11.4. The molecule has 1 fully saturated rings. The van der Waals surface area contributed by atoms with Crippen LogP contribution in [-0.4, -0.2) is 15.5 Å². The van der Waals surface area contributed by atoms with E-state index in [0.717, 1.165) is 12.8 Å². The van der Waals surface area contributed by atoms with Gasteiger partial charge >= 0.3 is 0 Å². The molecule has 1 aliphatic rings. The number of hydrogen-bond donors (Lipinski definition) is 1. The zero-order chi connectivity index (χ0) is 12.4. The molecule has 4 unspecified atom stereocenters. The monoisotopic (exact) mass is 251 g/mol. The molecule has 0 aliphatic heterocycles. The van der Waals surface area contributed by atoms with E-state index in [4.69, 9.17) is 5.73 Å². The molecule has 0 spiro atoms. The number of aryl methyl sites for hydroxylation is 1. The van der Waals surface area contributed by atoms with E-state index < -0.39 is 10.8 Å². The zero-order valence-electron chi connectivity index (χ0n) is 10.6. The first-order chi connectivity index (χ1) is 8.08. The van der Waals surface area contributed by atoms with Gasteiger partial charge in [0.05, 0.1) is 0 Å². The standard InChI is InChI=1S/C14H21NOS/c1-10-4-3-5-12(8-10)9-17(16)14-7-6-13(15)11(14)2/h3-5,8,11,13-14H,6-7,9,15H2,1-2H3. The van der Waals surface area contributed by atoms with Gasteiger partial charge in [-0.25, -0.2) is 0 Å². The SMILES string of the molecule is Cc1cccc(CS(=O)C2CCC(N)C2C)c1. The lowest BCUT2D eigenvalue weighted by molar-refractivity contribution is 0.526. The molecule has 2 N–H and O–H groups in total. The van der Waals surface area contributed by atoms with Gasteiger partial charge in [0.2, 0.25) is 0 Å². The van der Waals surface area contributed by atoms with Crippen molar-refractivity contribution in [2.75, 3.05) is 0 Å². The highest BCUT2D eigenvalue weighted by Crippen LogP contribution is 2.29. The molecule has 0 radical (unpaired) electrons. The summed E-state index contributed by atoms with van der Waals surface area (Å²) in [6, 6.07) is 8.52. The highest BCUT2D eigenvalue weighted by Gasteiger charge is 2.34. The Labute approximate surface area is 106 Å². The first kappa shape index (κ1) is 12.8. The Morgan fingerprint density at radius 1 is 1.41 bits per heavy atom. The Morgan fingerprint density at radius 3 is 2.76 bits per heavy atom. The minimum absolute atomic E-state index is 0.237. The molecule has 17 heavy (non-hydrogen) atoms. The maximum atomic E-state index is 12.3. The van der Waals surface area contributed by atoms with E-state index in [1.54, 1.807) is 0 Å². The van der Waals surface area contributed by atoms with Crippen molar-refractivity contribution in [2.24, 2.45) is 11.7 Å². The number of rotatable bonds is 3.